The Hall–Kier alpha value is -3.51. The minimum absolute atomic E-state index is 0.198. The predicted molar refractivity (Wildman–Crippen MR) is 120 cm³/mol. The van der Waals surface area contributed by atoms with Crippen LogP contribution in [0.3, 0.4) is 0 Å². The summed E-state index contributed by atoms with van der Waals surface area (Å²) in [6.45, 7) is 0.703. The highest BCUT2D eigenvalue weighted by Crippen LogP contribution is 2.41. The van der Waals surface area contributed by atoms with Gasteiger partial charge in [-0.15, -0.1) is 0 Å². The second kappa shape index (κ2) is 8.20. The van der Waals surface area contributed by atoms with E-state index >= 15 is 0 Å². The van der Waals surface area contributed by atoms with E-state index in [2.05, 4.69) is 10.3 Å². The number of carbonyl (C=O) groups is 1. The third-order valence-electron chi connectivity index (χ3n) is 5.68. The first-order chi connectivity index (χ1) is 15.5. The standard InChI is InChI=1S/C25H18ClF2N3O/c26-18-4-1-17(20(28)13-18)14-31-21-9-12-30-25(32)23(21)22(15-2-5-19(27)6-3-15)24(31)16-7-10-29-11-8-16/h1-8,10-11,13H,9,12,14H2,(H,30,32). The molecule has 5 rings (SSSR count). The summed E-state index contributed by atoms with van der Waals surface area (Å²) in [6, 6.07) is 14.3. The van der Waals surface area contributed by atoms with Gasteiger partial charge in [0.25, 0.3) is 5.91 Å². The van der Waals surface area contributed by atoms with Crippen LogP contribution in [-0.4, -0.2) is 22.0 Å². The fourth-order valence-electron chi connectivity index (χ4n) is 4.26. The number of aromatic nitrogens is 2. The van der Waals surface area contributed by atoms with E-state index in [4.69, 9.17) is 11.6 Å². The van der Waals surface area contributed by atoms with E-state index in [-0.39, 0.29) is 18.3 Å². The number of nitrogens with zero attached hydrogens (tertiary/aromatic N) is 2. The molecule has 1 N–H and O–H groups in total. The number of carbonyl (C=O) groups excluding carboxylic acids is 1. The van der Waals surface area contributed by atoms with Crippen molar-refractivity contribution in [1.29, 1.82) is 0 Å². The number of benzene rings is 2. The lowest BCUT2D eigenvalue weighted by atomic mass is 9.95. The van der Waals surface area contributed by atoms with Crippen LogP contribution in [-0.2, 0) is 13.0 Å². The average Bonchev–Trinajstić information content (AvgIpc) is 3.12. The fraction of sp³-hybridized carbons (Fsp3) is 0.120. The molecule has 4 nitrogen and oxygen atoms in total. The molecule has 2 aromatic carbocycles. The first-order valence-corrected chi connectivity index (χ1v) is 10.5. The lowest BCUT2D eigenvalue weighted by Crippen LogP contribution is -2.32. The molecule has 160 valence electrons. The lowest BCUT2D eigenvalue weighted by Gasteiger charge is -2.18. The number of hydrogen-bond donors (Lipinski definition) is 1. The van der Waals surface area contributed by atoms with E-state index in [9.17, 15) is 13.6 Å². The molecule has 1 aliphatic heterocycles. The van der Waals surface area contributed by atoms with Crippen molar-refractivity contribution in [2.45, 2.75) is 13.0 Å². The molecule has 32 heavy (non-hydrogen) atoms. The molecule has 3 heterocycles. The molecule has 0 radical (unpaired) electrons. The number of amides is 1. The summed E-state index contributed by atoms with van der Waals surface area (Å²) in [6.07, 6.45) is 3.93. The van der Waals surface area contributed by atoms with Crippen LogP contribution < -0.4 is 5.32 Å². The number of halogens is 3. The van der Waals surface area contributed by atoms with Crippen LogP contribution in [0.4, 0.5) is 8.78 Å². The highest BCUT2D eigenvalue weighted by atomic mass is 35.5. The first-order valence-electron chi connectivity index (χ1n) is 10.2. The number of fused-ring (bicyclic) bond motifs is 1. The molecule has 0 atom stereocenters. The van der Waals surface area contributed by atoms with Crippen molar-refractivity contribution in [3.05, 3.63) is 100 Å². The van der Waals surface area contributed by atoms with Gasteiger partial charge in [-0.05, 0) is 42.0 Å². The maximum Gasteiger partial charge on any atom is 0.253 e. The molecular formula is C25H18ClF2N3O. The summed E-state index contributed by atoms with van der Waals surface area (Å²) in [5, 5.41) is 3.23. The van der Waals surface area contributed by atoms with E-state index in [0.717, 1.165) is 17.0 Å². The average molecular weight is 450 g/mol. The molecule has 4 aromatic rings. The largest absolute Gasteiger partial charge is 0.352 e. The van der Waals surface area contributed by atoms with Crippen LogP contribution in [0.25, 0.3) is 22.4 Å². The minimum atomic E-state index is -0.413. The third kappa shape index (κ3) is 3.56. The molecule has 0 unspecified atom stereocenters. The van der Waals surface area contributed by atoms with Crippen LogP contribution in [0, 0.1) is 11.6 Å². The normalized spacial score (nSPS) is 13.0. The van der Waals surface area contributed by atoms with Crippen LogP contribution in [0.5, 0.6) is 0 Å². The Labute approximate surface area is 188 Å². The van der Waals surface area contributed by atoms with Crippen molar-refractivity contribution in [3.63, 3.8) is 0 Å². The molecule has 7 heteroatoms. The smallest absolute Gasteiger partial charge is 0.253 e. The molecule has 1 amide bonds. The zero-order valence-electron chi connectivity index (χ0n) is 16.9. The molecule has 0 saturated heterocycles. The van der Waals surface area contributed by atoms with Gasteiger partial charge in [0.1, 0.15) is 11.6 Å². The monoisotopic (exact) mass is 449 g/mol. The van der Waals surface area contributed by atoms with Gasteiger partial charge in [-0.25, -0.2) is 8.78 Å². The summed E-state index contributed by atoms with van der Waals surface area (Å²) < 4.78 is 30.4. The number of hydrogen-bond acceptors (Lipinski definition) is 2. The zero-order valence-corrected chi connectivity index (χ0v) is 17.7. The quantitative estimate of drug-likeness (QED) is 0.448. The van der Waals surface area contributed by atoms with Crippen LogP contribution in [0.1, 0.15) is 21.6 Å². The molecule has 0 fully saturated rings. The molecule has 1 aliphatic rings. The number of pyridine rings is 1. The fourth-order valence-corrected chi connectivity index (χ4v) is 4.42. The molecular weight excluding hydrogens is 432 g/mol. The van der Waals surface area contributed by atoms with Gasteiger partial charge in [-0.1, -0.05) is 29.8 Å². The molecule has 0 spiro atoms. The summed E-state index contributed by atoms with van der Waals surface area (Å²) in [5.74, 6) is -0.972. The Morgan fingerprint density at radius 3 is 2.44 bits per heavy atom. The van der Waals surface area contributed by atoms with E-state index in [1.165, 1.54) is 18.2 Å². The van der Waals surface area contributed by atoms with Gasteiger partial charge in [0.05, 0.1) is 17.8 Å². The zero-order chi connectivity index (χ0) is 22.2. The Morgan fingerprint density at radius 1 is 0.969 bits per heavy atom. The maximum atomic E-state index is 14.7. The summed E-state index contributed by atoms with van der Waals surface area (Å²) in [5.41, 5.74) is 4.79. The second-order valence-corrected chi connectivity index (χ2v) is 8.05. The van der Waals surface area contributed by atoms with Gasteiger partial charge < -0.3 is 9.88 Å². The molecule has 0 bridgehead atoms. The summed E-state index contributed by atoms with van der Waals surface area (Å²) >= 11 is 5.94. The molecule has 2 aromatic heterocycles. The Bertz CT molecular complexity index is 1320. The topological polar surface area (TPSA) is 46.9 Å². The molecule has 0 aliphatic carbocycles. The molecule has 0 saturated carbocycles. The highest BCUT2D eigenvalue weighted by Gasteiger charge is 2.31. The third-order valence-corrected chi connectivity index (χ3v) is 5.91. The summed E-state index contributed by atoms with van der Waals surface area (Å²) in [4.78, 5) is 17.1. The Kier molecular flexibility index (Phi) is 5.23. The Morgan fingerprint density at radius 2 is 1.72 bits per heavy atom. The number of rotatable bonds is 4. The second-order valence-electron chi connectivity index (χ2n) is 7.62. The maximum absolute atomic E-state index is 14.7. The van der Waals surface area contributed by atoms with E-state index in [1.807, 2.05) is 16.7 Å². The van der Waals surface area contributed by atoms with E-state index < -0.39 is 5.82 Å². The van der Waals surface area contributed by atoms with Crippen LogP contribution in [0.15, 0.2) is 67.0 Å². The van der Waals surface area contributed by atoms with Gasteiger partial charge in [0, 0.05) is 52.8 Å². The van der Waals surface area contributed by atoms with Gasteiger partial charge >= 0.3 is 0 Å². The lowest BCUT2D eigenvalue weighted by molar-refractivity contribution is 0.0946. The van der Waals surface area contributed by atoms with Crippen molar-refractivity contribution < 1.29 is 13.6 Å². The highest BCUT2D eigenvalue weighted by molar-refractivity contribution is 6.30. The predicted octanol–water partition coefficient (Wildman–Crippen LogP) is 5.48. The summed E-state index contributed by atoms with van der Waals surface area (Å²) in [7, 11) is 0. The number of nitrogens with one attached hydrogen (secondary N) is 1. The first kappa shape index (κ1) is 20.4. The van der Waals surface area contributed by atoms with Gasteiger partial charge in [-0.3, -0.25) is 9.78 Å². The minimum Gasteiger partial charge on any atom is -0.352 e. The van der Waals surface area contributed by atoms with Crippen molar-refractivity contribution in [1.82, 2.24) is 14.9 Å². The van der Waals surface area contributed by atoms with Gasteiger partial charge in [0.2, 0.25) is 0 Å². The van der Waals surface area contributed by atoms with Crippen molar-refractivity contribution >= 4 is 17.5 Å². The van der Waals surface area contributed by atoms with Gasteiger partial charge in [-0.2, -0.15) is 0 Å². The van der Waals surface area contributed by atoms with E-state index in [0.29, 0.717) is 40.2 Å². The van der Waals surface area contributed by atoms with Crippen molar-refractivity contribution in [3.8, 4) is 22.4 Å². The van der Waals surface area contributed by atoms with Crippen LogP contribution >= 0.6 is 11.6 Å². The van der Waals surface area contributed by atoms with Crippen molar-refractivity contribution in [2.24, 2.45) is 0 Å². The van der Waals surface area contributed by atoms with Gasteiger partial charge in [0.15, 0.2) is 0 Å². The van der Waals surface area contributed by atoms with Crippen LogP contribution in [0.2, 0.25) is 5.02 Å². The SMILES string of the molecule is O=C1NCCc2c1c(-c1ccc(F)cc1)c(-c1ccncc1)n2Cc1ccc(Cl)cc1F. The Balaban J connectivity index is 1.81. The van der Waals surface area contributed by atoms with Crippen molar-refractivity contribution in [2.75, 3.05) is 6.54 Å². The van der Waals surface area contributed by atoms with E-state index in [1.54, 1.807) is 36.7 Å².